The molecule has 0 aliphatic rings. The van der Waals surface area contributed by atoms with Crippen LogP contribution in [0.15, 0.2) is 84.7 Å². The molecular formula is C30H40S2. The first-order chi connectivity index (χ1) is 15.4. The predicted molar refractivity (Wildman–Crippen MR) is 158 cm³/mol. The molecule has 3 aromatic carbocycles. The molecule has 0 N–H and O–H groups in total. The van der Waals surface area contributed by atoms with E-state index in [1.807, 2.05) is 39.2 Å². The van der Waals surface area contributed by atoms with E-state index in [4.69, 9.17) is 0 Å². The molecule has 0 amide bonds. The van der Waals surface area contributed by atoms with Crippen LogP contribution in [-0.4, -0.2) is 6.26 Å². The summed E-state index contributed by atoms with van der Waals surface area (Å²) in [5.41, 5.74) is 3.76. The first-order valence-electron chi connectivity index (χ1n) is 11.1. The van der Waals surface area contributed by atoms with Crippen LogP contribution in [0, 0.1) is 13.8 Å². The van der Waals surface area contributed by atoms with Crippen molar-refractivity contribution in [2.45, 2.75) is 48.5 Å². The van der Waals surface area contributed by atoms with Crippen LogP contribution in [0.2, 0.25) is 0 Å². The summed E-state index contributed by atoms with van der Waals surface area (Å²) in [6, 6.07) is 15.6. The fourth-order valence-electron chi connectivity index (χ4n) is 2.98. The first-order valence-corrected chi connectivity index (χ1v) is 13.2. The molecule has 0 saturated heterocycles. The van der Waals surface area contributed by atoms with Crippen LogP contribution >= 0.6 is 23.5 Å². The van der Waals surface area contributed by atoms with Gasteiger partial charge in [0.25, 0.3) is 0 Å². The minimum absolute atomic E-state index is 1.05. The third-order valence-electron chi connectivity index (χ3n) is 4.49. The average Bonchev–Trinajstić information content (AvgIpc) is 2.80. The van der Waals surface area contributed by atoms with Gasteiger partial charge in [-0.25, -0.2) is 0 Å². The summed E-state index contributed by atoms with van der Waals surface area (Å²) < 4.78 is 0. The Morgan fingerprint density at radius 3 is 1.91 bits per heavy atom. The van der Waals surface area contributed by atoms with Crippen LogP contribution in [-0.2, 0) is 0 Å². The van der Waals surface area contributed by atoms with E-state index in [1.165, 1.54) is 43.1 Å². The molecule has 32 heavy (non-hydrogen) atoms. The first kappa shape index (κ1) is 29.8. The molecule has 3 aromatic rings. The summed E-state index contributed by atoms with van der Waals surface area (Å²) in [4.78, 5) is 2.35. The summed E-state index contributed by atoms with van der Waals surface area (Å²) in [6.45, 7) is 25.8. The van der Waals surface area contributed by atoms with Gasteiger partial charge in [-0.1, -0.05) is 101 Å². The molecule has 0 aliphatic carbocycles. The average molecular weight is 465 g/mol. The van der Waals surface area contributed by atoms with Gasteiger partial charge >= 0.3 is 0 Å². The lowest BCUT2D eigenvalue weighted by Crippen LogP contribution is -1.87. The van der Waals surface area contributed by atoms with Gasteiger partial charge in [0.15, 0.2) is 0 Å². The summed E-state index contributed by atoms with van der Waals surface area (Å²) in [6.07, 6.45) is 5.84. The van der Waals surface area contributed by atoms with E-state index < -0.39 is 0 Å². The van der Waals surface area contributed by atoms with Crippen LogP contribution in [0.1, 0.15) is 51.3 Å². The molecule has 0 aromatic heterocycles. The molecule has 172 valence electrons. The molecule has 0 heterocycles. The lowest BCUT2D eigenvalue weighted by molar-refractivity contribution is 1.47. The zero-order valence-electron chi connectivity index (χ0n) is 21.2. The van der Waals surface area contributed by atoms with Gasteiger partial charge in [0.05, 0.1) is 0 Å². The Balaban J connectivity index is 0.000000743. The molecule has 0 aliphatic heterocycles. The van der Waals surface area contributed by atoms with Gasteiger partial charge in [0.1, 0.15) is 0 Å². The highest BCUT2D eigenvalue weighted by molar-refractivity contribution is 8.10. The molecule has 0 fully saturated rings. The van der Waals surface area contributed by atoms with E-state index in [0.717, 1.165) is 4.91 Å². The monoisotopic (exact) mass is 464 g/mol. The summed E-state index contributed by atoms with van der Waals surface area (Å²) in [7, 11) is 0. The van der Waals surface area contributed by atoms with E-state index in [1.54, 1.807) is 29.6 Å². The van der Waals surface area contributed by atoms with Crippen LogP contribution in [0.5, 0.6) is 0 Å². The largest absolute Gasteiger partial charge is 0.134 e. The second-order valence-electron chi connectivity index (χ2n) is 6.64. The predicted octanol–water partition coefficient (Wildman–Crippen LogP) is 10.9. The number of rotatable bonds is 5. The van der Waals surface area contributed by atoms with Gasteiger partial charge in [-0.3, -0.25) is 0 Å². The molecule has 0 saturated carbocycles. The van der Waals surface area contributed by atoms with Crippen LogP contribution in [0.4, 0.5) is 0 Å². The zero-order chi connectivity index (χ0) is 24.7. The Labute approximate surface area is 205 Å². The van der Waals surface area contributed by atoms with Crippen molar-refractivity contribution >= 4 is 50.0 Å². The second-order valence-corrected chi connectivity index (χ2v) is 8.76. The standard InChI is InChI=1S/C20H18S.C6H10S.2C2H6/c1-5-21-15(4)20-12-19-11-17-8-13(2)6-7-16(17)10-18(19)9-14(20)3;1-4-5-6(2)7-3;2*1-2/h5-12H,1,4H2,2-3H3;4-5H,1H2,2-3H3;2*1-2H3/b;6-5-;;. The van der Waals surface area contributed by atoms with E-state index in [2.05, 4.69) is 89.2 Å². The quantitative estimate of drug-likeness (QED) is 0.272. The minimum Gasteiger partial charge on any atom is -0.134 e. The lowest BCUT2D eigenvalue weighted by Gasteiger charge is -2.11. The molecule has 0 bridgehead atoms. The van der Waals surface area contributed by atoms with Crippen molar-refractivity contribution < 1.29 is 0 Å². The van der Waals surface area contributed by atoms with Crippen molar-refractivity contribution in [2.75, 3.05) is 6.26 Å². The summed E-state index contributed by atoms with van der Waals surface area (Å²) in [5.74, 6) is 0. The Morgan fingerprint density at radius 2 is 1.38 bits per heavy atom. The summed E-state index contributed by atoms with van der Waals surface area (Å²) in [5, 5.41) is 6.96. The van der Waals surface area contributed by atoms with E-state index in [0.29, 0.717) is 0 Å². The number of hydrogen-bond donors (Lipinski definition) is 0. The van der Waals surface area contributed by atoms with Gasteiger partial charge < -0.3 is 0 Å². The number of benzene rings is 3. The molecule has 0 radical (unpaired) electrons. The normalized spacial score (nSPS) is 10.1. The molecule has 0 spiro atoms. The number of aryl methyl sites for hydroxylation is 2. The van der Waals surface area contributed by atoms with Gasteiger partial charge in [-0.15, -0.1) is 11.8 Å². The number of fused-ring (bicyclic) bond motifs is 2. The third-order valence-corrected chi connectivity index (χ3v) is 5.95. The highest BCUT2D eigenvalue weighted by Gasteiger charge is 2.06. The Bertz CT molecular complexity index is 1060. The Hall–Kier alpha value is -2.16. The third kappa shape index (κ3) is 9.14. The fraction of sp³-hybridized carbons (Fsp3) is 0.267. The fourth-order valence-corrected chi connectivity index (χ4v) is 3.76. The molecule has 0 nitrogen and oxygen atoms in total. The number of thioether (sulfide) groups is 2. The van der Waals surface area contributed by atoms with Crippen molar-refractivity contribution in [1.29, 1.82) is 0 Å². The van der Waals surface area contributed by atoms with Gasteiger partial charge in [0.2, 0.25) is 0 Å². The van der Waals surface area contributed by atoms with Crippen LogP contribution in [0.25, 0.3) is 26.5 Å². The highest BCUT2D eigenvalue weighted by atomic mass is 32.2. The van der Waals surface area contributed by atoms with Crippen molar-refractivity contribution in [1.82, 2.24) is 0 Å². The smallest absolute Gasteiger partial charge is 0.0119 e. The van der Waals surface area contributed by atoms with Gasteiger partial charge in [-0.2, -0.15) is 0 Å². The molecule has 0 unspecified atom stereocenters. The number of hydrogen-bond acceptors (Lipinski definition) is 2. The molecule has 0 atom stereocenters. The Kier molecular flexibility index (Phi) is 15.4. The Morgan fingerprint density at radius 1 is 0.812 bits per heavy atom. The zero-order valence-corrected chi connectivity index (χ0v) is 22.8. The minimum atomic E-state index is 1.05. The SMILES string of the molecule is C=C/C=C(/C)SC.C=CSC(=C)c1cc2cc3cc(C)ccc3cc2cc1C.CC.CC. The second kappa shape index (κ2) is 16.5. The van der Waals surface area contributed by atoms with Crippen molar-refractivity contribution in [3.63, 3.8) is 0 Å². The van der Waals surface area contributed by atoms with E-state index >= 15 is 0 Å². The molecular weight excluding hydrogens is 424 g/mol. The maximum atomic E-state index is 4.15. The van der Waals surface area contributed by atoms with Crippen LogP contribution < -0.4 is 0 Å². The topological polar surface area (TPSA) is 0 Å². The maximum absolute atomic E-state index is 4.15. The van der Waals surface area contributed by atoms with Gasteiger partial charge in [-0.05, 0) is 88.2 Å². The van der Waals surface area contributed by atoms with E-state index in [9.17, 15) is 0 Å². The number of allylic oxidation sites excluding steroid dienone is 3. The van der Waals surface area contributed by atoms with Crippen molar-refractivity contribution in [3.8, 4) is 0 Å². The van der Waals surface area contributed by atoms with Crippen LogP contribution in [0.3, 0.4) is 0 Å². The highest BCUT2D eigenvalue weighted by Crippen LogP contribution is 2.33. The molecule has 2 heteroatoms. The van der Waals surface area contributed by atoms with Crippen molar-refractivity contribution in [2.24, 2.45) is 0 Å². The molecule has 3 rings (SSSR count). The van der Waals surface area contributed by atoms with E-state index in [-0.39, 0.29) is 0 Å². The maximum Gasteiger partial charge on any atom is 0.0119 e. The lowest BCUT2D eigenvalue weighted by atomic mass is 9.97. The van der Waals surface area contributed by atoms with Gasteiger partial charge in [0, 0.05) is 4.91 Å². The van der Waals surface area contributed by atoms with Crippen molar-refractivity contribution in [3.05, 3.63) is 101 Å². The summed E-state index contributed by atoms with van der Waals surface area (Å²) >= 11 is 3.32.